The largest absolute Gasteiger partial charge is 0.350 e. The Hall–Kier alpha value is -3.03. The topological polar surface area (TPSA) is 168 Å². The van der Waals surface area contributed by atoms with Crippen molar-refractivity contribution in [3.05, 3.63) is 70.2 Å². The average Bonchev–Trinajstić information content (AvgIpc) is 3.57. The van der Waals surface area contributed by atoms with E-state index in [0.29, 0.717) is 23.7 Å². The molecule has 0 spiro atoms. The van der Waals surface area contributed by atoms with Gasteiger partial charge in [-0.25, -0.2) is 8.42 Å². The van der Waals surface area contributed by atoms with Crippen LogP contribution in [0.1, 0.15) is 48.8 Å². The number of rotatable bonds is 10. The number of benzene rings is 2. The SMILES string of the molecule is NCc1ccc(Cl)cc1CNC(=O)[C@@H]1C[C@H](N)CN1C(=O)C1(NS(=O)(=O)Cc2ccccc2)C[C@@H]1C(=O)N1CCCCC1. The molecule has 0 aromatic heterocycles. The molecule has 232 valence electrons. The number of likely N-dealkylation sites (tertiary alicyclic amines) is 2. The minimum atomic E-state index is -4.04. The predicted molar refractivity (Wildman–Crippen MR) is 163 cm³/mol. The lowest BCUT2D eigenvalue weighted by Crippen LogP contribution is -2.57. The summed E-state index contributed by atoms with van der Waals surface area (Å²) in [6.07, 6.45) is 2.97. The molecule has 3 aliphatic rings. The lowest BCUT2D eigenvalue weighted by molar-refractivity contribution is -0.143. The summed E-state index contributed by atoms with van der Waals surface area (Å²) >= 11 is 6.15. The van der Waals surface area contributed by atoms with E-state index in [1.54, 1.807) is 53.4 Å². The summed E-state index contributed by atoms with van der Waals surface area (Å²) in [5.41, 5.74) is 12.5. The molecule has 2 saturated heterocycles. The molecule has 1 aliphatic carbocycles. The third-order valence-electron chi connectivity index (χ3n) is 8.58. The zero-order valence-electron chi connectivity index (χ0n) is 24.0. The molecule has 1 unspecified atom stereocenters. The molecule has 1 saturated carbocycles. The molecule has 5 rings (SSSR count). The zero-order chi connectivity index (χ0) is 30.8. The summed E-state index contributed by atoms with van der Waals surface area (Å²) in [6.45, 7) is 1.62. The van der Waals surface area contributed by atoms with Crippen LogP contribution in [-0.2, 0) is 43.2 Å². The van der Waals surface area contributed by atoms with Gasteiger partial charge in [0.1, 0.15) is 11.6 Å². The summed E-state index contributed by atoms with van der Waals surface area (Å²) < 4.78 is 29.5. The Bertz CT molecular complexity index is 1470. The Labute approximate surface area is 257 Å². The van der Waals surface area contributed by atoms with E-state index in [1.807, 2.05) is 0 Å². The fourth-order valence-corrected chi connectivity index (χ4v) is 8.02. The quantitative estimate of drug-likeness (QED) is 0.306. The van der Waals surface area contributed by atoms with Crippen molar-refractivity contribution in [2.75, 3.05) is 19.6 Å². The van der Waals surface area contributed by atoms with Crippen LogP contribution in [-0.4, -0.2) is 73.2 Å². The van der Waals surface area contributed by atoms with Crippen molar-refractivity contribution < 1.29 is 22.8 Å². The summed E-state index contributed by atoms with van der Waals surface area (Å²) in [7, 11) is -4.04. The molecule has 3 fully saturated rings. The van der Waals surface area contributed by atoms with E-state index in [4.69, 9.17) is 23.1 Å². The van der Waals surface area contributed by atoms with E-state index in [-0.39, 0.29) is 44.1 Å². The average molecular weight is 631 g/mol. The third kappa shape index (κ3) is 7.04. The van der Waals surface area contributed by atoms with Crippen LogP contribution in [0.5, 0.6) is 0 Å². The van der Waals surface area contributed by atoms with E-state index >= 15 is 0 Å². The minimum absolute atomic E-state index is 0.0254. The molecule has 2 aromatic rings. The van der Waals surface area contributed by atoms with Crippen LogP contribution in [0.4, 0.5) is 0 Å². The molecule has 4 atom stereocenters. The second-order valence-corrected chi connectivity index (χ2v) is 13.9. The normalized spacial score (nSPS) is 25.4. The Morgan fingerprint density at radius 2 is 1.74 bits per heavy atom. The fraction of sp³-hybridized carbons (Fsp3) is 0.500. The Kier molecular flexibility index (Phi) is 9.43. The summed E-state index contributed by atoms with van der Waals surface area (Å²) in [6, 6.07) is 12.5. The first kappa shape index (κ1) is 31.4. The molecule has 2 aliphatic heterocycles. The molecule has 0 bridgehead atoms. The molecular formula is C30H39ClN6O5S. The van der Waals surface area contributed by atoms with Crippen LogP contribution in [0.3, 0.4) is 0 Å². The highest BCUT2D eigenvalue weighted by molar-refractivity contribution is 7.88. The number of nitrogens with one attached hydrogen (secondary N) is 2. The Balaban J connectivity index is 1.37. The van der Waals surface area contributed by atoms with E-state index in [9.17, 15) is 22.8 Å². The summed E-state index contributed by atoms with van der Waals surface area (Å²) in [4.78, 5) is 44.4. The van der Waals surface area contributed by atoms with Gasteiger partial charge in [-0.1, -0.05) is 48.0 Å². The van der Waals surface area contributed by atoms with Crippen LogP contribution in [0.2, 0.25) is 5.02 Å². The van der Waals surface area contributed by atoms with Crippen molar-refractivity contribution >= 4 is 39.3 Å². The fourth-order valence-electron chi connectivity index (χ4n) is 6.25. The number of halogens is 1. The van der Waals surface area contributed by atoms with E-state index in [1.165, 1.54) is 4.90 Å². The maximum absolute atomic E-state index is 14.3. The molecular weight excluding hydrogens is 592 g/mol. The molecule has 11 nitrogen and oxygen atoms in total. The molecule has 2 heterocycles. The second kappa shape index (κ2) is 12.9. The van der Waals surface area contributed by atoms with Crippen molar-refractivity contribution in [3.8, 4) is 0 Å². The monoisotopic (exact) mass is 630 g/mol. The van der Waals surface area contributed by atoms with Crippen molar-refractivity contribution in [2.24, 2.45) is 17.4 Å². The number of hydrogen-bond acceptors (Lipinski definition) is 7. The summed E-state index contributed by atoms with van der Waals surface area (Å²) in [5.74, 6) is -2.47. The minimum Gasteiger partial charge on any atom is -0.350 e. The first-order valence-electron chi connectivity index (χ1n) is 14.7. The van der Waals surface area contributed by atoms with Gasteiger partial charge in [0.05, 0.1) is 11.7 Å². The van der Waals surface area contributed by atoms with Gasteiger partial charge in [0.25, 0.3) is 0 Å². The number of sulfonamides is 1. The smallest absolute Gasteiger partial charge is 0.245 e. The highest BCUT2D eigenvalue weighted by Crippen LogP contribution is 2.48. The van der Waals surface area contributed by atoms with Crippen LogP contribution >= 0.6 is 11.6 Å². The van der Waals surface area contributed by atoms with Crippen molar-refractivity contribution in [1.29, 1.82) is 0 Å². The second-order valence-electron chi connectivity index (χ2n) is 11.8. The number of piperidine rings is 1. The highest BCUT2D eigenvalue weighted by Gasteiger charge is 2.68. The van der Waals surface area contributed by atoms with Gasteiger partial charge in [0.2, 0.25) is 27.7 Å². The lowest BCUT2D eigenvalue weighted by atomic mass is 10.1. The molecule has 13 heteroatoms. The van der Waals surface area contributed by atoms with Gasteiger partial charge in [-0.2, -0.15) is 4.72 Å². The number of amides is 3. The van der Waals surface area contributed by atoms with E-state index in [0.717, 1.165) is 30.4 Å². The number of hydrogen-bond donors (Lipinski definition) is 4. The van der Waals surface area contributed by atoms with E-state index in [2.05, 4.69) is 10.0 Å². The van der Waals surface area contributed by atoms with Crippen molar-refractivity contribution in [1.82, 2.24) is 19.8 Å². The molecule has 43 heavy (non-hydrogen) atoms. The van der Waals surface area contributed by atoms with Crippen LogP contribution in [0, 0.1) is 5.92 Å². The third-order valence-corrected chi connectivity index (χ3v) is 10.2. The van der Waals surface area contributed by atoms with Gasteiger partial charge >= 0.3 is 0 Å². The first-order chi connectivity index (χ1) is 20.5. The summed E-state index contributed by atoms with van der Waals surface area (Å²) in [5, 5.41) is 3.37. The zero-order valence-corrected chi connectivity index (χ0v) is 25.6. The number of nitrogens with zero attached hydrogens (tertiary/aromatic N) is 2. The van der Waals surface area contributed by atoms with Crippen LogP contribution in [0.25, 0.3) is 0 Å². The van der Waals surface area contributed by atoms with Crippen LogP contribution in [0.15, 0.2) is 48.5 Å². The highest BCUT2D eigenvalue weighted by atomic mass is 35.5. The van der Waals surface area contributed by atoms with Gasteiger partial charge < -0.3 is 26.6 Å². The van der Waals surface area contributed by atoms with Gasteiger partial charge in [0, 0.05) is 43.8 Å². The molecule has 0 radical (unpaired) electrons. The number of carbonyl (C=O) groups is 3. The molecule has 6 N–H and O–H groups in total. The maximum Gasteiger partial charge on any atom is 0.245 e. The van der Waals surface area contributed by atoms with Gasteiger partial charge in [0.15, 0.2) is 0 Å². The molecule has 3 amide bonds. The Morgan fingerprint density at radius 3 is 2.44 bits per heavy atom. The van der Waals surface area contributed by atoms with Gasteiger partial charge in [-0.3, -0.25) is 14.4 Å². The predicted octanol–water partition coefficient (Wildman–Crippen LogP) is 1.23. The standard InChI is InChI=1S/C30H39ClN6O5S/c31-23-10-9-21(16-32)22(13-23)17-34-27(38)26-14-24(33)18-37(26)29(40)30(15-25(30)28(39)36-11-5-2-6-12-36)35-43(41,42)19-20-7-3-1-4-8-20/h1,3-4,7-10,13,24-26,35H,2,5-6,11-12,14-19,32-33H2,(H,34,38)/t24-,25+,26-,30?/m0/s1. The number of carbonyl (C=O) groups excluding carboxylic acids is 3. The van der Waals surface area contributed by atoms with Crippen LogP contribution < -0.4 is 21.5 Å². The first-order valence-corrected chi connectivity index (χ1v) is 16.7. The Morgan fingerprint density at radius 1 is 1.02 bits per heavy atom. The molecule has 2 aromatic carbocycles. The lowest BCUT2D eigenvalue weighted by Gasteiger charge is -2.31. The maximum atomic E-state index is 14.3. The van der Waals surface area contributed by atoms with Gasteiger partial charge in [-0.05, 0) is 60.9 Å². The number of nitrogens with two attached hydrogens (primary N) is 2. The van der Waals surface area contributed by atoms with Crippen molar-refractivity contribution in [2.45, 2.75) is 68.6 Å². The van der Waals surface area contributed by atoms with Gasteiger partial charge in [-0.15, -0.1) is 0 Å². The van der Waals surface area contributed by atoms with E-state index < -0.39 is 45.4 Å². The van der Waals surface area contributed by atoms with Crippen molar-refractivity contribution in [3.63, 3.8) is 0 Å².